The van der Waals surface area contributed by atoms with Gasteiger partial charge in [-0.3, -0.25) is 0 Å². The van der Waals surface area contributed by atoms with Gasteiger partial charge in [-0.2, -0.15) is 0 Å². The van der Waals surface area contributed by atoms with Crippen molar-refractivity contribution in [3.8, 4) is 23.0 Å². The molecule has 21 heavy (non-hydrogen) atoms. The lowest BCUT2D eigenvalue weighted by Gasteiger charge is -2.20. The molecule has 0 radical (unpaired) electrons. The minimum atomic E-state index is 0.0766. The molecule has 0 bridgehead atoms. The number of benzene rings is 1. The van der Waals surface area contributed by atoms with E-state index in [1.54, 1.807) is 21.3 Å². The van der Waals surface area contributed by atoms with E-state index in [1.807, 2.05) is 6.92 Å². The molecule has 1 rings (SSSR count). The molecule has 0 aliphatic heterocycles. The maximum atomic E-state index is 5.64. The zero-order valence-corrected chi connectivity index (χ0v) is 14.5. The number of hydrogen-bond acceptors (Lipinski definition) is 6. The summed E-state index contributed by atoms with van der Waals surface area (Å²) in [5.74, 6) is 2.02. The average molecular weight is 365 g/mol. The van der Waals surface area contributed by atoms with Gasteiger partial charge in [0.05, 0.1) is 39.0 Å². The normalized spacial score (nSPS) is 10.4. The van der Waals surface area contributed by atoms with Crippen LogP contribution in [0.3, 0.4) is 0 Å². The highest BCUT2D eigenvalue weighted by Crippen LogP contribution is 2.51. The van der Waals surface area contributed by atoms with Crippen LogP contribution in [0.1, 0.15) is 5.56 Å². The minimum Gasteiger partial charge on any atom is -0.492 e. The predicted octanol–water partition coefficient (Wildman–Crippen LogP) is 2.78. The first-order valence-electron chi connectivity index (χ1n) is 6.29. The monoisotopic (exact) mass is 364 g/mol. The van der Waals surface area contributed by atoms with Crippen molar-refractivity contribution in [1.29, 1.82) is 0 Å². The Balaban J connectivity index is 3.04. The number of hydrogen-bond donors (Lipinski definition) is 0. The third-order valence-electron chi connectivity index (χ3n) is 2.82. The average Bonchev–Trinajstić information content (AvgIpc) is 2.50. The third kappa shape index (κ3) is 4.15. The summed E-state index contributed by atoms with van der Waals surface area (Å²) in [6.45, 7) is 2.92. The fourth-order valence-electron chi connectivity index (χ4n) is 1.79. The van der Waals surface area contributed by atoms with E-state index in [-0.39, 0.29) is 6.79 Å². The molecule has 0 unspecified atom stereocenters. The Morgan fingerprint density at radius 3 is 1.90 bits per heavy atom. The zero-order valence-electron chi connectivity index (χ0n) is 12.9. The van der Waals surface area contributed by atoms with Crippen LogP contribution < -0.4 is 18.9 Å². The number of methoxy groups -OCH3 is 4. The van der Waals surface area contributed by atoms with Crippen LogP contribution in [0.4, 0.5) is 0 Å². The van der Waals surface area contributed by atoms with E-state index < -0.39 is 0 Å². The van der Waals surface area contributed by atoms with Gasteiger partial charge in [0.25, 0.3) is 0 Å². The van der Waals surface area contributed by atoms with Crippen molar-refractivity contribution in [1.82, 2.24) is 0 Å². The molecule has 0 saturated carbocycles. The fraction of sp³-hybridized carbons (Fsp3) is 0.571. The van der Waals surface area contributed by atoms with Gasteiger partial charge in [0.2, 0.25) is 11.5 Å². The van der Waals surface area contributed by atoms with Crippen LogP contribution in [-0.2, 0) is 9.47 Å². The molecule has 0 heterocycles. The maximum absolute atomic E-state index is 5.64. The van der Waals surface area contributed by atoms with Crippen molar-refractivity contribution in [2.24, 2.45) is 0 Å². The van der Waals surface area contributed by atoms with Crippen molar-refractivity contribution in [2.75, 3.05) is 48.4 Å². The maximum Gasteiger partial charge on any atom is 0.208 e. The van der Waals surface area contributed by atoms with E-state index in [0.29, 0.717) is 36.2 Å². The summed E-state index contributed by atoms with van der Waals surface area (Å²) in [4.78, 5) is 0. The Kier molecular flexibility index (Phi) is 7.63. The van der Waals surface area contributed by atoms with Crippen LogP contribution >= 0.6 is 15.9 Å². The van der Waals surface area contributed by atoms with E-state index in [0.717, 1.165) is 10.0 Å². The van der Waals surface area contributed by atoms with Crippen LogP contribution in [0, 0.1) is 6.92 Å². The Morgan fingerprint density at radius 2 is 1.38 bits per heavy atom. The number of rotatable bonds is 9. The summed E-state index contributed by atoms with van der Waals surface area (Å²) in [5, 5.41) is 0. The van der Waals surface area contributed by atoms with Crippen molar-refractivity contribution in [2.45, 2.75) is 6.92 Å². The number of halogens is 1. The first-order valence-corrected chi connectivity index (χ1v) is 7.09. The standard InChI is InChI=1S/C14H21BrO6/c1-9-10(15)12(21-8-20-7-6-16-2)14(19-5)13(18-4)11(9)17-3/h6-8H2,1-5H3. The smallest absolute Gasteiger partial charge is 0.208 e. The van der Waals surface area contributed by atoms with Gasteiger partial charge in [-0.25, -0.2) is 0 Å². The first-order chi connectivity index (χ1) is 10.1. The highest BCUT2D eigenvalue weighted by Gasteiger charge is 2.24. The Morgan fingerprint density at radius 1 is 0.810 bits per heavy atom. The quantitative estimate of drug-likeness (QED) is 0.496. The van der Waals surface area contributed by atoms with E-state index in [4.69, 9.17) is 28.4 Å². The molecule has 0 spiro atoms. The lowest BCUT2D eigenvalue weighted by Crippen LogP contribution is -2.09. The van der Waals surface area contributed by atoms with E-state index in [1.165, 1.54) is 7.11 Å². The molecule has 0 fully saturated rings. The topological polar surface area (TPSA) is 55.4 Å². The summed E-state index contributed by atoms with van der Waals surface area (Å²) in [5.41, 5.74) is 0.849. The van der Waals surface area contributed by atoms with E-state index >= 15 is 0 Å². The fourth-order valence-corrected chi connectivity index (χ4v) is 2.27. The van der Waals surface area contributed by atoms with Crippen LogP contribution in [-0.4, -0.2) is 48.4 Å². The summed E-state index contributed by atoms with van der Waals surface area (Å²) in [6, 6.07) is 0. The molecule has 0 amide bonds. The molecule has 1 aromatic carbocycles. The second-order valence-electron chi connectivity index (χ2n) is 4.03. The third-order valence-corrected chi connectivity index (χ3v) is 3.77. The van der Waals surface area contributed by atoms with Gasteiger partial charge < -0.3 is 28.4 Å². The van der Waals surface area contributed by atoms with Crippen molar-refractivity contribution in [3.05, 3.63) is 10.0 Å². The molecule has 120 valence electrons. The zero-order chi connectivity index (χ0) is 15.8. The molecule has 0 atom stereocenters. The molecule has 0 aliphatic carbocycles. The SMILES string of the molecule is COCCOCOc1c(Br)c(C)c(OC)c(OC)c1OC. The van der Waals surface area contributed by atoms with E-state index in [2.05, 4.69) is 15.9 Å². The molecule has 0 aliphatic rings. The van der Waals surface area contributed by atoms with Gasteiger partial charge in [-0.15, -0.1) is 0 Å². The van der Waals surface area contributed by atoms with Crippen molar-refractivity contribution < 1.29 is 28.4 Å². The summed E-state index contributed by atoms with van der Waals surface area (Å²) in [7, 11) is 6.27. The molecule has 0 aromatic heterocycles. The first kappa shape index (κ1) is 17.9. The van der Waals surface area contributed by atoms with Gasteiger partial charge in [0.15, 0.2) is 18.3 Å². The Bertz CT molecular complexity index is 464. The van der Waals surface area contributed by atoms with E-state index in [9.17, 15) is 0 Å². The van der Waals surface area contributed by atoms with Crippen molar-refractivity contribution >= 4 is 15.9 Å². The minimum absolute atomic E-state index is 0.0766. The molecule has 6 nitrogen and oxygen atoms in total. The molecule has 0 N–H and O–H groups in total. The second-order valence-corrected chi connectivity index (χ2v) is 4.82. The highest BCUT2D eigenvalue weighted by atomic mass is 79.9. The number of ether oxygens (including phenoxy) is 6. The van der Waals surface area contributed by atoms with Gasteiger partial charge in [0, 0.05) is 12.7 Å². The lowest BCUT2D eigenvalue weighted by molar-refractivity contribution is -0.00997. The summed E-state index contributed by atoms with van der Waals surface area (Å²) < 4.78 is 32.7. The van der Waals surface area contributed by atoms with Crippen LogP contribution in [0.15, 0.2) is 4.47 Å². The van der Waals surface area contributed by atoms with Gasteiger partial charge in [0.1, 0.15) is 0 Å². The summed E-state index contributed by atoms with van der Waals surface area (Å²) >= 11 is 3.49. The molecular formula is C14H21BrO6. The predicted molar refractivity (Wildman–Crippen MR) is 81.9 cm³/mol. The van der Waals surface area contributed by atoms with Gasteiger partial charge in [-0.1, -0.05) is 0 Å². The molecule has 0 saturated heterocycles. The van der Waals surface area contributed by atoms with Crippen molar-refractivity contribution in [3.63, 3.8) is 0 Å². The van der Waals surface area contributed by atoms with Crippen LogP contribution in [0.25, 0.3) is 0 Å². The summed E-state index contributed by atoms with van der Waals surface area (Å²) in [6.07, 6.45) is 0. The lowest BCUT2D eigenvalue weighted by atomic mass is 10.1. The second kappa shape index (κ2) is 8.96. The van der Waals surface area contributed by atoms with Gasteiger partial charge >= 0.3 is 0 Å². The van der Waals surface area contributed by atoms with Gasteiger partial charge in [-0.05, 0) is 22.9 Å². The van der Waals surface area contributed by atoms with Crippen LogP contribution in [0.5, 0.6) is 23.0 Å². The Hall–Kier alpha value is -1.18. The Labute approximate surface area is 133 Å². The highest BCUT2D eigenvalue weighted by molar-refractivity contribution is 9.10. The molecule has 7 heteroatoms. The van der Waals surface area contributed by atoms with Crippen LogP contribution in [0.2, 0.25) is 0 Å². The largest absolute Gasteiger partial charge is 0.492 e. The molecule has 1 aromatic rings. The molecular weight excluding hydrogens is 344 g/mol.